The van der Waals surface area contributed by atoms with E-state index in [9.17, 15) is 0 Å². The molecule has 0 bridgehead atoms. The fourth-order valence-electron chi connectivity index (χ4n) is 5.00. The first-order valence-corrected chi connectivity index (χ1v) is 17.0. The molecule has 2 aromatic carbocycles. The number of hydrogen-bond donors (Lipinski definition) is 2. The van der Waals surface area contributed by atoms with Crippen molar-refractivity contribution >= 4 is 26.4 Å². The minimum absolute atomic E-state index is 0.170. The van der Waals surface area contributed by atoms with Gasteiger partial charge in [0.05, 0.1) is 11.4 Å². The van der Waals surface area contributed by atoms with Crippen LogP contribution in [0.1, 0.15) is 94.2 Å². The molecule has 0 atom stereocenters. The van der Waals surface area contributed by atoms with Crippen LogP contribution >= 0.6 is 15.0 Å². The largest absolute Gasteiger partial charge is 0.253 e. The molecule has 0 unspecified atom stereocenters. The van der Waals surface area contributed by atoms with E-state index in [-0.39, 0.29) is 22.2 Å². The van der Waals surface area contributed by atoms with Gasteiger partial charge in [-0.3, -0.25) is 10.2 Å². The SMILES string of the molecule is Cc1ccc(N=P2(NC(C)(C)C)N(C(C)(C)C)P(=Nc3ccc(C)cc3)(NC(C)(C)C)N2C(C)(C)C)cc1. The molecule has 1 aliphatic heterocycles. The van der Waals surface area contributed by atoms with E-state index < -0.39 is 15.0 Å². The maximum atomic E-state index is 5.68. The van der Waals surface area contributed by atoms with Gasteiger partial charge in [0.25, 0.3) is 0 Å². The maximum Gasteiger partial charge on any atom is 0.184 e. The molecular weight excluding hydrogens is 506 g/mol. The van der Waals surface area contributed by atoms with E-state index in [4.69, 9.17) is 9.49 Å². The number of hydrogen-bond acceptors (Lipinski definition) is 2. The highest BCUT2D eigenvalue weighted by Crippen LogP contribution is 2.90. The zero-order chi connectivity index (χ0) is 28.9. The van der Waals surface area contributed by atoms with E-state index in [0.29, 0.717) is 0 Å². The van der Waals surface area contributed by atoms with Gasteiger partial charge in [-0.25, -0.2) is 9.49 Å². The molecule has 0 saturated carbocycles. The van der Waals surface area contributed by atoms with Crippen LogP contribution in [-0.2, 0) is 0 Å². The predicted molar refractivity (Wildman–Crippen MR) is 169 cm³/mol. The Morgan fingerprint density at radius 1 is 0.500 bits per heavy atom. The van der Waals surface area contributed by atoms with E-state index in [1.807, 2.05) is 0 Å². The van der Waals surface area contributed by atoms with E-state index in [1.165, 1.54) is 11.1 Å². The second kappa shape index (κ2) is 10.3. The molecule has 3 rings (SSSR count). The summed E-state index contributed by atoms with van der Waals surface area (Å²) in [5.74, 6) is 0. The van der Waals surface area contributed by atoms with Crippen LogP contribution in [0, 0.1) is 13.8 Å². The molecular formula is C30H52N6P2. The first-order valence-electron chi connectivity index (χ1n) is 13.7. The summed E-state index contributed by atoms with van der Waals surface area (Å²) in [6, 6.07) is 17.2. The molecule has 2 N–H and O–H groups in total. The molecule has 1 aliphatic rings. The molecule has 6 nitrogen and oxygen atoms in total. The summed E-state index contributed by atoms with van der Waals surface area (Å²) in [7, 11) is -5.02. The van der Waals surface area contributed by atoms with Crippen molar-refractivity contribution in [3.8, 4) is 0 Å². The van der Waals surface area contributed by atoms with Gasteiger partial charge in [0, 0.05) is 22.2 Å². The Morgan fingerprint density at radius 2 is 0.763 bits per heavy atom. The fourth-order valence-corrected chi connectivity index (χ4v) is 16.4. The zero-order valence-corrected chi connectivity index (χ0v) is 28.1. The summed E-state index contributed by atoms with van der Waals surface area (Å²) in [4.78, 5) is 0. The van der Waals surface area contributed by atoms with Crippen molar-refractivity contribution in [3.63, 3.8) is 0 Å². The average molecular weight is 559 g/mol. The molecule has 8 heteroatoms. The monoisotopic (exact) mass is 558 g/mol. The summed E-state index contributed by atoms with van der Waals surface area (Å²) in [6.07, 6.45) is 0. The Bertz CT molecular complexity index is 1120. The van der Waals surface area contributed by atoms with Crippen molar-refractivity contribution in [1.82, 2.24) is 19.1 Å². The summed E-state index contributed by atoms with van der Waals surface area (Å²) in [5, 5.41) is 8.21. The molecule has 1 saturated heterocycles. The average Bonchev–Trinajstić information content (AvgIpc) is 2.66. The molecule has 1 fully saturated rings. The van der Waals surface area contributed by atoms with Gasteiger partial charge in [0.2, 0.25) is 0 Å². The lowest BCUT2D eigenvalue weighted by Crippen LogP contribution is -2.65. The molecule has 0 aromatic heterocycles. The lowest BCUT2D eigenvalue weighted by Gasteiger charge is -2.71. The topological polar surface area (TPSA) is 55.3 Å². The van der Waals surface area contributed by atoms with Crippen LogP contribution in [0.15, 0.2) is 58.0 Å². The third-order valence-electron chi connectivity index (χ3n) is 5.81. The molecule has 38 heavy (non-hydrogen) atoms. The van der Waals surface area contributed by atoms with Gasteiger partial charge in [-0.05, 0) is 121 Å². The van der Waals surface area contributed by atoms with E-state index in [1.54, 1.807) is 0 Å². The Morgan fingerprint density at radius 3 is 0.974 bits per heavy atom. The molecule has 1 heterocycles. The summed E-state index contributed by atoms with van der Waals surface area (Å²) >= 11 is 0. The fraction of sp³-hybridized carbons (Fsp3) is 0.600. The highest BCUT2D eigenvalue weighted by atomic mass is 31.3. The van der Waals surface area contributed by atoms with E-state index >= 15 is 0 Å². The lowest BCUT2D eigenvalue weighted by atomic mass is 10.1. The maximum absolute atomic E-state index is 5.68. The Hall–Kier alpha value is -1.26. The molecule has 212 valence electrons. The van der Waals surface area contributed by atoms with Crippen molar-refractivity contribution in [3.05, 3.63) is 59.7 Å². The second-order valence-corrected chi connectivity index (χ2v) is 20.0. The van der Waals surface area contributed by atoms with Crippen molar-refractivity contribution in [2.75, 3.05) is 0 Å². The van der Waals surface area contributed by atoms with Crippen molar-refractivity contribution < 1.29 is 0 Å². The second-order valence-electron chi connectivity index (χ2n) is 14.7. The van der Waals surface area contributed by atoms with Crippen LogP contribution < -0.4 is 10.2 Å². The van der Waals surface area contributed by atoms with Gasteiger partial charge >= 0.3 is 0 Å². The van der Waals surface area contributed by atoms with Crippen LogP contribution in [0.4, 0.5) is 11.4 Å². The summed E-state index contributed by atoms with van der Waals surface area (Å²) < 4.78 is 16.7. The standard InChI is InChI=1S/C30H52N6P2/c1-23-15-19-25(20-16-23)31-37(33-27(3,4)5)35(29(9,10)11)38(34-28(6,7)8,36(37)30(12,13)14)32-26-21-17-24(2)18-22-26/h15-22,33-34H,1-14H3. The zero-order valence-electron chi connectivity index (χ0n) is 26.3. The normalized spacial score (nSPS) is 23.7. The third-order valence-corrected chi connectivity index (χ3v) is 16.3. The first kappa shape index (κ1) is 31.3. The number of nitrogens with one attached hydrogen (secondary N) is 2. The van der Waals surface area contributed by atoms with Gasteiger partial charge in [-0.2, -0.15) is 8.88 Å². The first-order chi connectivity index (χ1) is 17.1. The summed E-state index contributed by atoms with van der Waals surface area (Å²) in [6.45, 7) is 31.5. The Kier molecular flexibility index (Phi) is 8.47. The van der Waals surface area contributed by atoms with Crippen LogP contribution in [0.3, 0.4) is 0 Å². The molecule has 0 spiro atoms. The summed E-state index contributed by atoms with van der Waals surface area (Å²) in [5.41, 5.74) is 3.68. The number of nitrogens with zero attached hydrogens (tertiary/aromatic N) is 4. The number of benzene rings is 2. The van der Waals surface area contributed by atoms with E-state index in [0.717, 1.165) is 11.4 Å². The molecule has 2 aromatic rings. The quantitative estimate of drug-likeness (QED) is 0.367. The third kappa shape index (κ3) is 6.72. The van der Waals surface area contributed by atoms with Crippen molar-refractivity contribution in [2.45, 2.75) is 119 Å². The van der Waals surface area contributed by atoms with Gasteiger partial charge in [-0.15, -0.1) is 0 Å². The van der Waals surface area contributed by atoms with Gasteiger partial charge < -0.3 is 0 Å². The van der Waals surface area contributed by atoms with Crippen LogP contribution in [0.5, 0.6) is 0 Å². The molecule has 0 radical (unpaired) electrons. The van der Waals surface area contributed by atoms with E-state index in [2.05, 4.69) is 165 Å². The molecule has 0 amide bonds. The van der Waals surface area contributed by atoms with Crippen molar-refractivity contribution in [2.24, 2.45) is 9.49 Å². The lowest BCUT2D eigenvalue weighted by molar-refractivity contribution is 0.247. The highest BCUT2D eigenvalue weighted by Gasteiger charge is 2.68. The van der Waals surface area contributed by atoms with Crippen LogP contribution in [-0.4, -0.2) is 31.0 Å². The van der Waals surface area contributed by atoms with Crippen LogP contribution in [0.2, 0.25) is 0 Å². The number of rotatable bonds is 4. The minimum Gasteiger partial charge on any atom is -0.253 e. The van der Waals surface area contributed by atoms with Gasteiger partial charge in [0.15, 0.2) is 15.0 Å². The highest BCUT2D eigenvalue weighted by molar-refractivity contribution is 7.89. The molecule has 0 aliphatic carbocycles. The Balaban J connectivity index is 2.53. The Labute approximate surface area is 233 Å². The van der Waals surface area contributed by atoms with Crippen LogP contribution in [0.25, 0.3) is 0 Å². The van der Waals surface area contributed by atoms with Gasteiger partial charge in [-0.1, -0.05) is 35.4 Å². The van der Waals surface area contributed by atoms with Crippen molar-refractivity contribution in [1.29, 1.82) is 0 Å². The smallest absolute Gasteiger partial charge is 0.184 e. The van der Waals surface area contributed by atoms with Gasteiger partial charge in [0.1, 0.15) is 0 Å². The minimum atomic E-state index is -2.51. The number of aryl methyl sites for hydroxylation is 2. The predicted octanol–water partition coefficient (Wildman–Crippen LogP) is 10.1.